The van der Waals surface area contributed by atoms with E-state index in [0.717, 1.165) is 11.3 Å². The number of hydrogen-bond donors (Lipinski definition) is 3. The molecular weight excluding hydrogens is 286 g/mol. The fourth-order valence-electron chi connectivity index (χ4n) is 2.12. The molecule has 1 aliphatic rings. The summed E-state index contributed by atoms with van der Waals surface area (Å²) in [5.74, 6) is 0.388. The zero-order chi connectivity index (χ0) is 15.4. The highest BCUT2D eigenvalue weighted by atomic mass is 32.2. The molecule has 2 rings (SSSR count). The van der Waals surface area contributed by atoms with Gasteiger partial charge in [-0.2, -0.15) is 0 Å². The first-order chi connectivity index (χ1) is 9.99. The average Bonchev–Trinajstić information content (AvgIpc) is 2.87. The maximum absolute atomic E-state index is 11.9. The average molecular weight is 307 g/mol. The van der Waals surface area contributed by atoms with Crippen molar-refractivity contribution in [3.8, 4) is 0 Å². The fraction of sp³-hybridized carbons (Fsp3) is 0.467. The van der Waals surface area contributed by atoms with E-state index in [1.54, 1.807) is 11.8 Å². The van der Waals surface area contributed by atoms with Gasteiger partial charge in [-0.1, -0.05) is 32.0 Å². The van der Waals surface area contributed by atoms with Gasteiger partial charge in [0.1, 0.15) is 0 Å². The van der Waals surface area contributed by atoms with Crippen LogP contribution in [-0.2, 0) is 9.59 Å². The van der Waals surface area contributed by atoms with E-state index in [4.69, 9.17) is 5.73 Å². The van der Waals surface area contributed by atoms with Crippen LogP contribution in [0, 0.1) is 5.92 Å². The van der Waals surface area contributed by atoms with Gasteiger partial charge < -0.3 is 16.4 Å². The summed E-state index contributed by atoms with van der Waals surface area (Å²) in [5, 5.41) is 5.52. The van der Waals surface area contributed by atoms with Gasteiger partial charge in [0.25, 0.3) is 0 Å². The molecule has 114 valence electrons. The standard InChI is InChI=1S/C15H21N3O2S/c1-9(2)14(16)15(20)17-7-13(19)18-11-8-21-12-6-4-3-5-10(11)12/h3-6,9,11,14H,7-8,16H2,1-2H3,(H,17,20)(H,18,19)/t11?,14-/m0/s1. The molecule has 0 spiro atoms. The number of fused-ring (bicyclic) bond motifs is 1. The van der Waals surface area contributed by atoms with E-state index < -0.39 is 6.04 Å². The van der Waals surface area contributed by atoms with Crippen LogP contribution in [0.15, 0.2) is 29.2 Å². The van der Waals surface area contributed by atoms with E-state index in [1.165, 1.54) is 4.90 Å². The SMILES string of the molecule is CC(C)[C@H](N)C(=O)NCC(=O)NC1CSc2ccccc21. The Balaban J connectivity index is 1.82. The van der Waals surface area contributed by atoms with Gasteiger partial charge in [-0.3, -0.25) is 9.59 Å². The molecule has 1 heterocycles. The van der Waals surface area contributed by atoms with Crippen molar-refractivity contribution in [1.29, 1.82) is 0 Å². The Morgan fingerprint density at radius 3 is 2.81 bits per heavy atom. The number of carbonyl (C=O) groups excluding carboxylic acids is 2. The highest BCUT2D eigenvalue weighted by molar-refractivity contribution is 7.99. The summed E-state index contributed by atoms with van der Waals surface area (Å²) < 4.78 is 0. The smallest absolute Gasteiger partial charge is 0.239 e. The van der Waals surface area contributed by atoms with Crippen LogP contribution in [0.3, 0.4) is 0 Å². The quantitative estimate of drug-likeness (QED) is 0.759. The number of nitrogens with two attached hydrogens (primary N) is 1. The molecular formula is C15H21N3O2S. The summed E-state index contributed by atoms with van der Waals surface area (Å²) >= 11 is 1.73. The highest BCUT2D eigenvalue weighted by Crippen LogP contribution is 2.37. The lowest BCUT2D eigenvalue weighted by Crippen LogP contribution is -2.47. The maximum Gasteiger partial charge on any atom is 0.239 e. The van der Waals surface area contributed by atoms with Crippen molar-refractivity contribution in [1.82, 2.24) is 10.6 Å². The van der Waals surface area contributed by atoms with Gasteiger partial charge in [0.05, 0.1) is 18.6 Å². The zero-order valence-electron chi connectivity index (χ0n) is 12.3. The second-order valence-electron chi connectivity index (χ2n) is 5.46. The van der Waals surface area contributed by atoms with Crippen molar-refractivity contribution in [3.63, 3.8) is 0 Å². The van der Waals surface area contributed by atoms with Crippen LogP contribution < -0.4 is 16.4 Å². The summed E-state index contributed by atoms with van der Waals surface area (Å²) in [6, 6.07) is 7.45. The Hall–Kier alpha value is -1.53. The van der Waals surface area contributed by atoms with E-state index in [-0.39, 0.29) is 30.3 Å². The molecule has 5 nitrogen and oxygen atoms in total. The van der Waals surface area contributed by atoms with Gasteiger partial charge in [0.2, 0.25) is 11.8 Å². The van der Waals surface area contributed by atoms with Crippen molar-refractivity contribution in [2.24, 2.45) is 11.7 Å². The first-order valence-electron chi connectivity index (χ1n) is 7.03. The summed E-state index contributed by atoms with van der Waals surface area (Å²) in [6.07, 6.45) is 0. The number of amides is 2. The van der Waals surface area contributed by atoms with Gasteiger partial charge in [0.15, 0.2) is 0 Å². The largest absolute Gasteiger partial charge is 0.347 e. The van der Waals surface area contributed by atoms with E-state index in [0.29, 0.717) is 0 Å². The van der Waals surface area contributed by atoms with Crippen LogP contribution in [0.1, 0.15) is 25.5 Å². The monoisotopic (exact) mass is 307 g/mol. The molecule has 1 aromatic carbocycles. The van der Waals surface area contributed by atoms with Crippen molar-refractivity contribution in [2.75, 3.05) is 12.3 Å². The van der Waals surface area contributed by atoms with Crippen molar-refractivity contribution in [3.05, 3.63) is 29.8 Å². The van der Waals surface area contributed by atoms with E-state index in [2.05, 4.69) is 16.7 Å². The molecule has 1 aromatic rings. The first kappa shape index (κ1) is 15.9. The lowest BCUT2D eigenvalue weighted by atomic mass is 10.1. The fourth-order valence-corrected chi connectivity index (χ4v) is 3.28. The number of nitrogens with one attached hydrogen (secondary N) is 2. The Kier molecular flexibility index (Phi) is 5.25. The number of thioether (sulfide) groups is 1. The van der Waals surface area contributed by atoms with Crippen LogP contribution in [-0.4, -0.2) is 30.2 Å². The molecule has 0 fully saturated rings. The maximum atomic E-state index is 11.9. The Bertz CT molecular complexity index is 533. The molecule has 1 aliphatic heterocycles. The molecule has 0 aliphatic carbocycles. The van der Waals surface area contributed by atoms with E-state index >= 15 is 0 Å². The predicted octanol–water partition coefficient (Wildman–Crippen LogP) is 1.05. The number of rotatable bonds is 5. The van der Waals surface area contributed by atoms with Crippen molar-refractivity contribution in [2.45, 2.75) is 30.8 Å². The van der Waals surface area contributed by atoms with Crippen LogP contribution >= 0.6 is 11.8 Å². The molecule has 0 saturated heterocycles. The van der Waals surface area contributed by atoms with Gasteiger partial charge >= 0.3 is 0 Å². The summed E-state index contributed by atoms with van der Waals surface area (Å²) in [6.45, 7) is 3.70. The highest BCUT2D eigenvalue weighted by Gasteiger charge is 2.24. The normalized spacial score (nSPS) is 18.2. The first-order valence-corrected chi connectivity index (χ1v) is 8.02. The van der Waals surface area contributed by atoms with Crippen molar-refractivity contribution < 1.29 is 9.59 Å². The summed E-state index contributed by atoms with van der Waals surface area (Å²) in [5.41, 5.74) is 6.87. The molecule has 6 heteroatoms. The molecule has 0 radical (unpaired) electrons. The minimum Gasteiger partial charge on any atom is -0.347 e. The van der Waals surface area contributed by atoms with Crippen molar-refractivity contribution >= 4 is 23.6 Å². The molecule has 0 saturated carbocycles. The third-order valence-corrected chi connectivity index (χ3v) is 4.66. The molecule has 4 N–H and O–H groups in total. The van der Waals surface area contributed by atoms with E-state index in [1.807, 2.05) is 32.0 Å². The third-order valence-electron chi connectivity index (χ3n) is 3.48. The lowest BCUT2D eigenvalue weighted by Gasteiger charge is -2.17. The Morgan fingerprint density at radius 1 is 1.38 bits per heavy atom. The van der Waals surface area contributed by atoms with Gasteiger partial charge in [-0.05, 0) is 17.5 Å². The molecule has 1 unspecified atom stereocenters. The topological polar surface area (TPSA) is 84.2 Å². The van der Waals surface area contributed by atoms with Gasteiger partial charge in [-0.25, -0.2) is 0 Å². The summed E-state index contributed by atoms with van der Waals surface area (Å²) in [7, 11) is 0. The second-order valence-corrected chi connectivity index (χ2v) is 6.52. The van der Waals surface area contributed by atoms with Crippen LogP contribution in [0.4, 0.5) is 0 Å². The number of hydrogen-bond acceptors (Lipinski definition) is 4. The summed E-state index contributed by atoms with van der Waals surface area (Å²) in [4.78, 5) is 24.8. The number of benzene rings is 1. The molecule has 2 amide bonds. The Labute approximate surface area is 129 Å². The van der Waals surface area contributed by atoms with E-state index in [9.17, 15) is 9.59 Å². The minimum atomic E-state index is -0.583. The second kappa shape index (κ2) is 6.95. The van der Waals surface area contributed by atoms with Crippen LogP contribution in [0.2, 0.25) is 0 Å². The molecule has 2 atom stereocenters. The molecule has 0 aromatic heterocycles. The predicted molar refractivity (Wildman–Crippen MR) is 83.9 cm³/mol. The van der Waals surface area contributed by atoms with Crippen LogP contribution in [0.5, 0.6) is 0 Å². The number of carbonyl (C=O) groups is 2. The van der Waals surface area contributed by atoms with Gasteiger partial charge in [0, 0.05) is 10.6 Å². The van der Waals surface area contributed by atoms with Gasteiger partial charge in [-0.15, -0.1) is 11.8 Å². The lowest BCUT2D eigenvalue weighted by molar-refractivity contribution is -0.127. The molecule has 0 bridgehead atoms. The Morgan fingerprint density at radius 2 is 2.10 bits per heavy atom. The zero-order valence-corrected chi connectivity index (χ0v) is 13.1. The molecule has 21 heavy (non-hydrogen) atoms. The minimum absolute atomic E-state index is 0.00868. The third kappa shape index (κ3) is 3.98. The van der Waals surface area contributed by atoms with Crippen LogP contribution in [0.25, 0.3) is 0 Å².